The van der Waals surface area contributed by atoms with E-state index in [1.165, 1.54) is 6.42 Å². The molecule has 0 saturated heterocycles. The van der Waals surface area contributed by atoms with Gasteiger partial charge in [-0.15, -0.1) is 11.6 Å². The summed E-state index contributed by atoms with van der Waals surface area (Å²) in [7, 11) is 0. The predicted octanol–water partition coefficient (Wildman–Crippen LogP) is 5.99. The van der Waals surface area contributed by atoms with E-state index in [2.05, 4.69) is 30.3 Å². The first-order valence-electron chi connectivity index (χ1n) is 7.21. The third-order valence-corrected chi connectivity index (χ3v) is 4.07. The molecule has 2 unspecified atom stereocenters. The van der Waals surface area contributed by atoms with Crippen molar-refractivity contribution in [1.29, 1.82) is 0 Å². The summed E-state index contributed by atoms with van der Waals surface area (Å²) >= 11 is 12.4. The summed E-state index contributed by atoms with van der Waals surface area (Å²) in [5.74, 6) is 1.64. The molecule has 0 saturated carbocycles. The molecule has 110 valence electrons. The van der Waals surface area contributed by atoms with Gasteiger partial charge in [-0.05, 0) is 50.8 Å². The quantitative estimate of drug-likeness (QED) is 0.620. The van der Waals surface area contributed by atoms with Crippen LogP contribution >= 0.6 is 23.2 Å². The summed E-state index contributed by atoms with van der Waals surface area (Å²) in [4.78, 5) is 4.67. The molecule has 0 aliphatic heterocycles. The van der Waals surface area contributed by atoms with Crippen LogP contribution in [0.25, 0.3) is 11.0 Å². The van der Waals surface area contributed by atoms with E-state index in [4.69, 9.17) is 23.2 Å². The van der Waals surface area contributed by atoms with E-state index in [-0.39, 0.29) is 5.38 Å². The summed E-state index contributed by atoms with van der Waals surface area (Å²) in [6, 6.07) is 6.25. The van der Waals surface area contributed by atoms with Crippen molar-refractivity contribution in [2.45, 2.75) is 52.0 Å². The number of alkyl halides is 1. The van der Waals surface area contributed by atoms with Crippen LogP contribution in [0.3, 0.4) is 0 Å². The van der Waals surface area contributed by atoms with Crippen LogP contribution in [0.15, 0.2) is 18.2 Å². The number of hydrogen-bond donors (Lipinski definition) is 0. The van der Waals surface area contributed by atoms with E-state index in [9.17, 15) is 0 Å². The standard InChI is InChI=1S/C16H22Cl2N2/c1-10(2)5-6-11(3)20-15-8-7-13(18)9-14(15)19-16(20)12(4)17/h7-12H,5-6H2,1-4H3. The smallest absolute Gasteiger partial charge is 0.127 e. The Morgan fingerprint density at radius 1 is 1.15 bits per heavy atom. The average molecular weight is 313 g/mol. The summed E-state index contributed by atoms with van der Waals surface area (Å²) in [6.45, 7) is 8.71. The van der Waals surface area contributed by atoms with Gasteiger partial charge in [0.25, 0.3) is 0 Å². The number of halogens is 2. The Morgan fingerprint density at radius 2 is 1.85 bits per heavy atom. The maximum absolute atomic E-state index is 6.31. The summed E-state index contributed by atoms with van der Waals surface area (Å²) < 4.78 is 2.27. The van der Waals surface area contributed by atoms with Crippen molar-refractivity contribution in [3.05, 3.63) is 29.0 Å². The second-order valence-electron chi connectivity index (χ2n) is 5.91. The molecule has 2 rings (SSSR count). The Balaban J connectivity index is 2.45. The molecule has 2 aromatic rings. The molecule has 1 aromatic heterocycles. The molecular formula is C16H22Cl2N2. The van der Waals surface area contributed by atoms with Crippen LogP contribution in [0, 0.1) is 5.92 Å². The molecule has 0 aliphatic carbocycles. The first kappa shape index (κ1) is 15.7. The monoisotopic (exact) mass is 312 g/mol. The number of nitrogens with zero attached hydrogens (tertiary/aromatic N) is 2. The molecule has 1 heterocycles. The zero-order chi connectivity index (χ0) is 14.9. The molecule has 2 nitrogen and oxygen atoms in total. The van der Waals surface area contributed by atoms with Crippen molar-refractivity contribution < 1.29 is 0 Å². The van der Waals surface area contributed by atoms with E-state index in [0.717, 1.165) is 23.3 Å². The normalized spacial score (nSPS) is 14.9. The Bertz CT molecular complexity index is 587. The third-order valence-electron chi connectivity index (χ3n) is 3.64. The Morgan fingerprint density at radius 3 is 2.45 bits per heavy atom. The lowest BCUT2D eigenvalue weighted by Crippen LogP contribution is -2.10. The van der Waals surface area contributed by atoms with Crippen molar-refractivity contribution in [1.82, 2.24) is 9.55 Å². The molecule has 1 aromatic carbocycles. The SMILES string of the molecule is CC(C)CCC(C)n1c(C(C)Cl)nc2cc(Cl)ccc21. The number of hydrogen-bond acceptors (Lipinski definition) is 1. The lowest BCUT2D eigenvalue weighted by atomic mass is 10.0. The summed E-state index contributed by atoms with van der Waals surface area (Å²) in [5.41, 5.74) is 2.05. The van der Waals surface area contributed by atoms with Crippen LogP contribution in [0.2, 0.25) is 5.02 Å². The largest absolute Gasteiger partial charge is 0.324 e. The minimum atomic E-state index is -0.109. The Hall–Kier alpha value is -0.730. The van der Waals surface area contributed by atoms with Gasteiger partial charge in [-0.2, -0.15) is 0 Å². The van der Waals surface area contributed by atoms with Crippen molar-refractivity contribution in [3.8, 4) is 0 Å². The molecule has 0 N–H and O–H groups in total. The fraction of sp³-hybridized carbons (Fsp3) is 0.562. The topological polar surface area (TPSA) is 17.8 Å². The zero-order valence-electron chi connectivity index (χ0n) is 12.5. The number of fused-ring (bicyclic) bond motifs is 1. The molecule has 0 radical (unpaired) electrons. The molecule has 20 heavy (non-hydrogen) atoms. The van der Waals surface area contributed by atoms with E-state index in [1.54, 1.807) is 0 Å². The van der Waals surface area contributed by atoms with Crippen LogP contribution in [-0.4, -0.2) is 9.55 Å². The van der Waals surface area contributed by atoms with Crippen molar-refractivity contribution >= 4 is 34.2 Å². The highest BCUT2D eigenvalue weighted by Crippen LogP contribution is 2.31. The van der Waals surface area contributed by atoms with Crippen molar-refractivity contribution in [3.63, 3.8) is 0 Å². The van der Waals surface area contributed by atoms with E-state index in [0.29, 0.717) is 17.0 Å². The number of benzene rings is 1. The highest BCUT2D eigenvalue weighted by molar-refractivity contribution is 6.31. The number of rotatable bonds is 5. The van der Waals surface area contributed by atoms with Crippen LogP contribution in [0.5, 0.6) is 0 Å². The van der Waals surface area contributed by atoms with Gasteiger partial charge in [-0.3, -0.25) is 0 Å². The molecule has 0 aliphatic rings. The van der Waals surface area contributed by atoms with Crippen molar-refractivity contribution in [2.75, 3.05) is 0 Å². The third kappa shape index (κ3) is 3.29. The highest BCUT2D eigenvalue weighted by atomic mass is 35.5. The van der Waals surface area contributed by atoms with Crippen LogP contribution in [0.1, 0.15) is 57.8 Å². The molecule has 2 atom stereocenters. The number of imidazole rings is 1. The predicted molar refractivity (Wildman–Crippen MR) is 87.8 cm³/mol. The van der Waals surface area contributed by atoms with Crippen molar-refractivity contribution in [2.24, 2.45) is 5.92 Å². The zero-order valence-corrected chi connectivity index (χ0v) is 14.0. The fourth-order valence-corrected chi connectivity index (χ4v) is 2.86. The second-order valence-corrected chi connectivity index (χ2v) is 7.00. The molecule has 0 fully saturated rings. The van der Waals surface area contributed by atoms with E-state index in [1.807, 2.05) is 25.1 Å². The van der Waals surface area contributed by atoms with Gasteiger partial charge in [-0.1, -0.05) is 25.4 Å². The lowest BCUT2D eigenvalue weighted by Gasteiger charge is -2.19. The van der Waals surface area contributed by atoms with Crippen LogP contribution in [-0.2, 0) is 0 Å². The molecule has 0 spiro atoms. The van der Waals surface area contributed by atoms with E-state index < -0.39 is 0 Å². The molecule has 0 bridgehead atoms. The Labute approximate surface area is 131 Å². The minimum absolute atomic E-state index is 0.109. The maximum atomic E-state index is 6.31. The van der Waals surface area contributed by atoms with Gasteiger partial charge in [0, 0.05) is 11.1 Å². The molecule has 4 heteroatoms. The highest BCUT2D eigenvalue weighted by Gasteiger charge is 2.19. The average Bonchev–Trinajstić information content (AvgIpc) is 2.74. The summed E-state index contributed by atoms with van der Waals surface area (Å²) in [6.07, 6.45) is 2.33. The van der Waals surface area contributed by atoms with Gasteiger partial charge < -0.3 is 4.57 Å². The van der Waals surface area contributed by atoms with E-state index >= 15 is 0 Å². The number of aromatic nitrogens is 2. The van der Waals surface area contributed by atoms with Gasteiger partial charge in [0.05, 0.1) is 16.4 Å². The summed E-state index contributed by atoms with van der Waals surface area (Å²) in [5, 5.41) is 0.605. The van der Waals surface area contributed by atoms with Gasteiger partial charge in [0.1, 0.15) is 5.82 Å². The van der Waals surface area contributed by atoms with Gasteiger partial charge >= 0.3 is 0 Å². The van der Waals surface area contributed by atoms with Crippen LogP contribution in [0.4, 0.5) is 0 Å². The first-order chi connectivity index (χ1) is 9.40. The maximum Gasteiger partial charge on any atom is 0.127 e. The van der Waals surface area contributed by atoms with Gasteiger partial charge in [0.2, 0.25) is 0 Å². The second kappa shape index (κ2) is 6.36. The molecule has 0 amide bonds. The molecular weight excluding hydrogens is 291 g/mol. The fourth-order valence-electron chi connectivity index (χ4n) is 2.54. The van der Waals surface area contributed by atoms with Crippen LogP contribution < -0.4 is 0 Å². The minimum Gasteiger partial charge on any atom is -0.324 e. The van der Waals surface area contributed by atoms with Gasteiger partial charge in [0.15, 0.2) is 0 Å². The lowest BCUT2D eigenvalue weighted by molar-refractivity contribution is 0.437. The Kier molecular flexibility index (Phi) is 4.98. The van der Waals surface area contributed by atoms with Gasteiger partial charge in [-0.25, -0.2) is 4.98 Å². The first-order valence-corrected chi connectivity index (χ1v) is 8.03.